The normalized spacial score (nSPS) is 24.7. The first-order valence-corrected chi connectivity index (χ1v) is 6.75. The number of carbonyl (C=O) groups is 1. The van der Waals surface area contributed by atoms with Gasteiger partial charge in [-0.3, -0.25) is 4.79 Å². The molecule has 0 aromatic heterocycles. The maximum Gasteiger partial charge on any atom is 0.237 e. The Labute approximate surface area is 109 Å². The Kier molecular flexibility index (Phi) is 4.37. The SMILES string of the molecule is CC(C)C[C@@H]1NCC[C@@H](c2ccccc2)NC1=O. The van der Waals surface area contributed by atoms with E-state index in [0.29, 0.717) is 5.92 Å². The van der Waals surface area contributed by atoms with Gasteiger partial charge in [0.1, 0.15) is 0 Å². The lowest BCUT2D eigenvalue weighted by Gasteiger charge is -2.18. The molecule has 1 aliphatic heterocycles. The zero-order valence-electron chi connectivity index (χ0n) is 11.1. The average molecular weight is 246 g/mol. The summed E-state index contributed by atoms with van der Waals surface area (Å²) in [5.41, 5.74) is 1.19. The fraction of sp³-hybridized carbons (Fsp3) is 0.533. The Balaban J connectivity index is 2.04. The predicted molar refractivity (Wildman–Crippen MR) is 73.2 cm³/mol. The van der Waals surface area contributed by atoms with E-state index in [9.17, 15) is 4.79 Å². The first kappa shape index (κ1) is 13.1. The highest BCUT2D eigenvalue weighted by Crippen LogP contribution is 2.19. The molecule has 1 aliphatic rings. The van der Waals surface area contributed by atoms with E-state index in [1.54, 1.807) is 0 Å². The summed E-state index contributed by atoms with van der Waals surface area (Å²) >= 11 is 0. The Morgan fingerprint density at radius 2 is 2.00 bits per heavy atom. The third-order valence-corrected chi connectivity index (χ3v) is 3.37. The van der Waals surface area contributed by atoms with E-state index in [1.165, 1.54) is 5.56 Å². The van der Waals surface area contributed by atoms with E-state index >= 15 is 0 Å². The van der Waals surface area contributed by atoms with Gasteiger partial charge in [-0.1, -0.05) is 44.2 Å². The fourth-order valence-electron chi connectivity index (χ4n) is 2.44. The van der Waals surface area contributed by atoms with Crippen LogP contribution in [0.2, 0.25) is 0 Å². The molecule has 98 valence electrons. The van der Waals surface area contributed by atoms with Crippen LogP contribution in [0, 0.1) is 5.92 Å². The summed E-state index contributed by atoms with van der Waals surface area (Å²) in [7, 11) is 0. The summed E-state index contributed by atoms with van der Waals surface area (Å²) in [6.07, 6.45) is 1.84. The molecule has 0 radical (unpaired) electrons. The van der Waals surface area contributed by atoms with Gasteiger partial charge in [-0.2, -0.15) is 0 Å². The van der Waals surface area contributed by atoms with Crippen LogP contribution in [0.4, 0.5) is 0 Å². The van der Waals surface area contributed by atoms with Crippen molar-refractivity contribution < 1.29 is 4.79 Å². The Morgan fingerprint density at radius 1 is 1.28 bits per heavy atom. The van der Waals surface area contributed by atoms with Gasteiger partial charge in [-0.05, 0) is 30.9 Å². The molecule has 0 bridgehead atoms. The molecule has 0 unspecified atom stereocenters. The topological polar surface area (TPSA) is 41.1 Å². The molecule has 3 heteroatoms. The lowest BCUT2D eigenvalue weighted by atomic mass is 10.0. The molecule has 3 nitrogen and oxygen atoms in total. The number of rotatable bonds is 3. The van der Waals surface area contributed by atoms with Gasteiger partial charge in [-0.15, -0.1) is 0 Å². The van der Waals surface area contributed by atoms with Gasteiger partial charge in [0.2, 0.25) is 5.91 Å². The molecular formula is C15H22N2O. The van der Waals surface area contributed by atoms with Crippen molar-refractivity contribution in [3.8, 4) is 0 Å². The minimum absolute atomic E-state index is 0.0429. The first-order chi connectivity index (χ1) is 8.66. The second-order valence-corrected chi connectivity index (χ2v) is 5.40. The van der Waals surface area contributed by atoms with E-state index in [-0.39, 0.29) is 18.0 Å². The number of hydrogen-bond donors (Lipinski definition) is 2. The van der Waals surface area contributed by atoms with Gasteiger partial charge < -0.3 is 10.6 Å². The molecule has 2 rings (SSSR count). The van der Waals surface area contributed by atoms with Crippen molar-refractivity contribution in [3.63, 3.8) is 0 Å². The Hall–Kier alpha value is -1.35. The van der Waals surface area contributed by atoms with E-state index in [0.717, 1.165) is 19.4 Å². The van der Waals surface area contributed by atoms with Crippen LogP contribution in [0.25, 0.3) is 0 Å². The standard InChI is InChI=1S/C15H22N2O/c1-11(2)10-14-15(18)17-13(8-9-16-14)12-6-4-3-5-7-12/h3-7,11,13-14,16H,8-10H2,1-2H3,(H,17,18)/t13-,14-/m0/s1. The van der Waals surface area contributed by atoms with Gasteiger partial charge in [0, 0.05) is 0 Å². The third-order valence-electron chi connectivity index (χ3n) is 3.37. The van der Waals surface area contributed by atoms with Crippen LogP contribution in [-0.4, -0.2) is 18.5 Å². The third kappa shape index (κ3) is 3.33. The lowest BCUT2D eigenvalue weighted by Crippen LogP contribution is -2.42. The molecule has 0 aliphatic carbocycles. The molecule has 2 atom stereocenters. The number of benzene rings is 1. The zero-order valence-corrected chi connectivity index (χ0v) is 11.1. The second kappa shape index (κ2) is 6.01. The smallest absolute Gasteiger partial charge is 0.237 e. The molecule has 2 N–H and O–H groups in total. The predicted octanol–water partition coefficient (Wildman–Crippen LogP) is 2.25. The van der Waals surface area contributed by atoms with Gasteiger partial charge >= 0.3 is 0 Å². The van der Waals surface area contributed by atoms with Gasteiger partial charge in [0.15, 0.2) is 0 Å². The highest BCUT2D eigenvalue weighted by molar-refractivity contribution is 5.82. The molecule has 1 heterocycles. The van der Waals surface area contributed by atoms with Crippen LogP contribution in [0.15, 0.2) is 30.3 Å². The molecule has 0 spiro atoms. The quantitative estimate of drug-likeness (QED) is 0.859. The first-order valence-electron chi connectivity index (χ1n) is 6.75. The van der Waals surface area contributed by atoms with Crippen LogP contribution in [-0.2, 0) is 4.79 Å². The van der Waals surface area contributed by atoms with E-state index < -0.39 is 0 Å². The van der Waals surface area contributed by atoms with Gasteiger partial charge in [-0.25, -0.2) is 0 Å². The minimum Gasteiger partial charge on any atom is -0.348 e. The molecule has 18 heavy (non-hydrogen) atoms. The van der Waals surface area contributed by atoms with Crippen LogP contribution < -0.4 is 10.6 Å². The van der Waals surface area contributed by atoms with E-state index in [2.05, 4.69) is 36.6 Å². The molecule has 1 saturated heterocycles. The average Bonchev–Trinajstić information content (AvgIpc) is 2.53. The summed E-state index contributed by atoms with van der Waals surface area (Å²) in [6, 6.07) is 10.3. The number of hydrogen-bond acceptors (Lipinski definition) is 2. The highest BCUT2D eigenvalue weighted by Gasteiger charge is 2.26. The summed E-state index contributed by atoms with van der Waals surface area (Å²) in [5, 5.41) is 6.50. The van der Waals surface area contributed by atoms with Crippen LogP contribution in [0.5, 0.6) is 0 Å². The largest absolute Gasteiger partial charge is 0.348 e. The summed E-state index contributed by atoms with van der Waals surface area (Å²) in [4.78, 5) is 12.2. The van der Waals surface area contributed by atoms with Crippen molar-refractivity contribution >= 4 is 5.91 Å². The number of amides is 1. The van der Waals surface area contributed by atoms with Crippen molar-refractivity contribution in [1.29, 1.82) is 0 Å². The van der Waals surface area contributed by atoms with Crippen molar-refractivity contribution in [1.82, 2.24) is 10.6 Å². The monoisotopic (exact) mass is 246 g/mol. The summed E-state index contributed by atoms with van der Waals surface area (Å²) in [6.45, 7) is 5.18. The Morgan fingerprint density at radius 3 is 2.67 bits per heavy atom. The molecule has 1 amide bonds. The van der Waals surface area contributed by atoms with Crippen molar-refractivity contribution in [3.05, 3.63) is 35.9 Å². The van der Waals surface area contributed by atoms with Crippen molar-refractivity contribution in [2.24, 2.45) is 5.92 Å². The summed E-state index contributed by atoms with van der Waals surface area (Å²) in [5.74, 6) is 0.663. The van der Waals surface area contributed by atoms with E-state index in [4.69, 9.17) is 0 Å². The highest BCUT2D eigenvalue weighted by atomic mass is 16.2. The Bertz CT molecular complexity index is 389. The maximum absolute atomic E-state index is 12.2. The molecule has 1 fully saturated rings. The lowest BCUT2D eigenvalue weighted by molar-refractivity contribution is -0.123. The number of nitrogens with one attached hydrogen (secondary N) is 2. The molecular weight excluding hydrogens is 224 g/mol. The van der Waals surface area contributed by atoms with Gasteiger partial charge in [0.25, 0.3) is 0 Å². The van der Waals surface area contributed by atoms with Crippen LogP contribution in [0.1, 0.15) is 38.3 Å². The minimum atomic E-state index is -0.0429. The van der Waals surface area contributed by atoms with E-state index in [1.807, 2.05) is 18.2 Å². The molecule has 1 aromatic carbocycles. The number of carbonyl (C=O) groups excluding carboxylic acids is 1. The zero-order chi connectivity index (χ0) is 13.0. The fourth-order valence-corrected chi connectivity index (χ4v) is 2.44. The molecule has 1 aromatic rings. The van der Waals surface area contributed by atoms with Crippen molar-refractivity contribution in [2.75, 3.05) is 6.54 Å². The maximum atomic E-state index is 12.2. The van der Waals surface area contributed by atoms with Crippen molar-refractivity contribution in [2.45, 2.75) is 38.8 Å². The second-order valence-electron chi connectivity index (χ2n) is 5.40. The van der Waals surface area contributed by atoms with Crippen LogP contribution in [0.3, 0.4) is 0 Å². The van der Waals surface area contributed by atoms with Crippen LogP contribution >= 0.6 is 0 Å². The van der Waals surface area contributed by atoms with Gasteiger partial charge in [0.05, 0.1) is 12.1 Å². The summed E-state index contributed by atoms with van der Waals surface area (Å²) < 4.78 is 0. The molecule has 0 saturated carbocycles.